The van der Waals surface area contributed by atoms with E-state index in [1.165, 1.54) is 12.2 Å². The molecule has 3 nitrogen and oxygen atoms in total. The van der Waals surface area contributed by atoms with Gasteiger partial charge >= 0.3 is 0 Å². The monoisotopic (exact) mass is 158 g/mol. The minimum Gasteiger partial charge on any atom is -0.390 e. The Balaban J connectivity index is 3.88. The van der Waals surface area contributed by atoms with Crippen molar-refractivity contribution in [2.45, 2.75) is 24.7 Å². The molecule has 0 aliphatic heterocycles. The van der Waals surface area contributed by atoms with Crippen molar-refractivity contribution in [1.82, 2.24) is 0 Å². The molecule has 0 aliphatic rings. The number of aliphatic hydroxyl groups is 3. The summed E-state index contributed by atoms with van der Waals surface area (Å²) in [5, 5.41) is 27.1. The molecule has 11 heavy (non-hydrogen) atoms. The molecule has 0 saturated heterocycles. The molecular weight excluding hydrogens is 144 g/mol. The molecule has 0 unspecified atom stereocenters. The largest absolute Gasteiger partial charge is 0.390 e. The smallest absolute Gasteiger partial charge is 0.110 e. The molecule has 3 atom stereocenters. The Morgan fingerprint density at radius 3 is 2.09 bits per heavy atom. The quantitative estimate of drug-likeness (QED) is 0.487. The summed E-state index contributed by atoms with van der Waals surface area (Å²) in [5.41, 5.74) is 0. The second-order valence-electron chi connectivity index (χ2n) is 2.31. The van der Waals surface area contributed by atoms with Crippen molar-refractivity contribution < 1.29 is 15.3 Å². The van der Waals surface area contributed by atoms with Crippen molar-refractivity contribution in [1.29, 1.82) is 0 Å². The lowest BCUT2D eigenvalue weighted by atomic mass is 10.1. The molecule has 0 spiro atoms. The summed E-state index contributed by atoms with van der Waals surface area (Å²) in [5.74, 6) is 0. The summed E-state index contributed by atoms with van der Waals surface area (Å²) >= 11 is 0. The van der Waals surface area contributed by atoms with E-state index in [0.717, 1.165) is 0 Å². The van der Waals surface area contributed by atoms with Crippen molar-refractivity contribution in [3.8, 4) is 0 Å². The first-order chi connectivity index (χ1) is 5.13. The van der Waals surface area contributed by atoms with E-state index in [1.54, 1.807) is 0 Å². The lowest BCUT2D eigenvalue weighted by Gasteiger charge is -2.18. The van der Waals surface area contributed by atoms with Gasteiger partial charge in [0.05, 0.1) is 6.10 Å². The van der Waals surface area contributed by atoms with Crippen molar-refractivity contribution in [2.24, 2.45) is 0 Å². The van der Waals surface area contributed by atoms with E-state index in [0.29, 0.717) is 0 Å². The third-order valence-electron chi connectivity index (χ3n) is 1.39. The van der Waals surface area contributed by atoms with Gasteiger partial charge in [-0.05, 0) is 6.42 Å². The highest BCUT2D eigenvalue weighted by molar-refractivity contribution is 4.90. The summed E-state index contributed by atoms with van der Waals surface area (Å²) in [4.78, 5) is 0. The topological polar surface area (TPSA) is 60.7 Å². The van der Waals surface area contributed by atoms with Crippen LogP contribution in [-0.4, -0.2) is 33.6 Å². The average molecular weight is 158 g/mol. The van der Waals surface area contributed by atoms with Gasteiger partial charge in [-0.2, -0.15) is 0 Å². The number of hydrogen-bond acceptors (Lipinski definition) is 3. The highest BCUT2D eigenvalue weighted by Crippen LogP contribution is 2.04. The molecule has 0 amide bonds. The lowest BCUT2D eigenvalue weighted by molar-refractivity contribution is -0.0392. The molecule has 0 aromatic heterocycles. The van der Waals surface area contributed by atoms with E-state index in [9.17, 15) is 0 Å². The standard InChI is InChI=1S/C8H14O3/c1-3-5-7(10)8(11)6(9)4-2/h3-4,6-11H,1-2,5H2/t6-,7-,8+/m0/s1. The fourth-order valence-electron chi connectivity index (χ4n) is 0.677. The summed E-state index contributed by atoms with van der Waals surface area (Å²) in [6.45, 7) is 6.67. The van der Waals surface area contributed by atoms with Crippen LogP contribution in [-0.2, 0) is 0 Å². The molecule has 0 aromatic carbocycles. The molecule has 0 fully saturated rings. The third kappa shape index (κ3) is 3.32. The highest BCUT2D eigenvalue weighted by atomic mass is 16.4. The number of rotatable bonds is 5. The van der Waals surface area contributed by atoms with E-state index < -0.39 is 18.3 Å². The van der Waals surface area contributed by atoms with Gasteiger partial charge in [0.25, 0.3) is 0 Å². The lowest BCUT2D eigenvalue weighted by Crippen LogP contribution is -2.35. The molecule has 0 aliphatic carbocycles. The summed E-state index contributed by atoms with van der Waals surface area (Å²) < 4.78 is 0. The second kappa shape index (κ2) is 5.07. The Morgan fingerprint density at radius 1 is 1.18 bits per heavy atom. The van der Waals surface area contributed by atoms with Crippen molar-refractivity contribution >= 4 is 0 Å². The Kier molecular flexibility index (Phi) is 4.77. The molecule has 3 heteroatoms. The zero-order valence-electron chi connectivity index (χ0n) is 6.35. The van der Waals surface area contributed by atoms with E-state index in [-0.39, 0.29) is 6.42 Å². The van der Waals surface area contributed by atoms with Gasteiger partial charge < -0.3 is 15.3 Å². The maximum atomic E-state index is 9.10. The first kappa shape index (κ1) is 10.4. The zero-order chi connectivity index (χ0) is 8.85. The molecule has 0 aromatic rings. The van der Waals surface area contributed by atoms with E-state index in [4.69, 9.17) is 15.3 Å². The summed E-state index contributed by atoms with van der Waals surface area (Å²) in [6.07, 6.45) is -0.317. The maximum absolute atomic E-state index is 9.10. The van der Waals surface area contributed by atoms with Crippen LogP contribution >= 0.6 is 0 Å². The molecule has 0 bridgehead atoms. The third-order valence-corrected chi connectivity index (χ3v) is 1.39. The van der Waals surface area contributed by atoms with Crippen LogP contribution in [0.5, 0.6) is 0 Å². The van der Waals surface area contributed by atoms with Crippen LogP contribution in [0.2, 0.25) is 0 Å². The summed E-state index contributed by atoms with van der Waals surface area (Å²) in [7, 11) is 0. The van der Waals surface area contributed by atoms with Crippen LogP contribution < -0.4 is 0 Å². The number of aliphatic hydroxyl groups excluding tert-OH is 3. The van der Waals surface area contributed by atoms with Crippen molar-refractivity contribution in [3.63, 3.8) is 0 Å². The highest BCUT2D eigenvalue weighted by Gasteiger charge is 2.20. The van der Waals surface area contributed by atoms with E-state index in [2.05, 4.69) is 13.2 Å². The zero-order valence-corrected chi connectivity index (χ0v) is 6.35. The number of hydrogen-bond donors (Lipinski definition) is 3. The molecule has 0 radical (unpaired) electrons. The Hall–Kier alpha value is -0.640. The van der Waals surface area contributed by atoms with Crippen LogP contribution in [0.3, 0.4) is 0 Å². The normalized spacial score (nSPS) is 18.5. The van der Waals surface area contributed by atoms with Crippen LogP contribution in [0.4, 0.5) is 0 Å². The first-order valence-electron chi connectivity index (χ1n) is 3.41. The van der Waals surface area contributed by atoms with Gasteiger partial charge in [0.1, 0.15) is 12.2 Å². The predicted molar refractivity (Wildman–Crippen MR) is 43.0 cm³/mol. The van der Waals surface area contributed by atoms with Crippen LogP contribution in [0, 0.1) is 0 Å². The predicted octanol–water partition coefficient (Wildman–Crippen LogP) is -0.169. The van der Waals surface area contributed by atoms with Crippen LogP contribution in [0.15, 0.2) is 25.3 Å². The molecule has 3 N–H and O–H groups in total. The minimum absolute atomic E-state index is 0.256. The van der Waals surface area contributed by atoms with Gasteiger partial charge in [0, 0.05) is 0 Å². The van der Waals surface area contributed by atoms with Gasteiger partial charge in [-0.15, -0.1) is 13.2 Å². The molecule has 0 rings (SSSR count). The van der Waals surface area contributed by atoms with Gasteiger partial charge in [-0.25, -0.2) is 0 Å². The maximum Gasteiger partial charge on any atom is 0.110 e. The van der Waals surface area contributed by atoms with Gasteiger partial charge in [-0.3, -0.25) is 0 Å². The SMILES string of the molecule is C=CC[C@H](O)[C@H](O)[C@@H](O)C=C. The molecule has 64 valence electrons. The Labute approximate surface area is 66.3 Å². The fraction of sp³-hybridized carbons (Fsp3) is 0.500. The first-order valence-corrected chi connectivity index (χ1v) is 3.41. The Bertz CT molecular complexity index is 133. The van der Waals surface area contributed by atoms with Gasteiger partial charge in [0.2, 0.25) is 0 Å². The summed E-state index contributed by atoms with van der Waals surface area (Å²) in [6, 6.07) is 0. The fourth-order valence-corrected chi connectivity index (χ4v) is 0.677. The van der Waals surface area contributed by atoms with Crippen molar-refractivity contribution in [3.05, 3.63) is 25.3 Å². The van der Waals surface area contributed by atoms with E-state index in [1.807, 2.05) is 0 Å². The minimum atomic E-state index is -1.18. The molecule has 0 saturated carbocycles. The van der Waals surface area contributed by atoms with Gasteiger partial charge in [0.15, 0.2) is 0 Å². The Morgan fingerprint density at radius 2 is 1.73 bits per heavy atom. The van der Waals surface area contributed by atoms with Crippen molar-refractivity contribution in [2.75, 3.05) is 0 Å². The molecular formula is C8H14O3. The van der Waals surface area contributed by atoms with E-state index >= 15 is 0 Å². The molecule has 0 heterocycles. The van der Waals surface area contributed by atoms with Crippen LogP contribution in [0.25, 0.3) is 0 Å². The van der Waals surface area contributed by atoms with Gasteiger partial charge in [-0.1, -0.05) is 12.2 Å². The average Bonchev–Trinajstić information content (AvgIpc) is 2.02. The van der Waals surface area contributed by atoms with Crippen LogP contribution in [0.1, 0.15) is 6.42 Å². The second-order valence-corrected chi connectivity index (χ2v) is 2.31.